The van der Waals surface area contributed by atoms with Gasteiger partial charge in [-0.1, -0.05) is 12.1 Å². The number of benzene rings is 2. The molecule has 13 heteroatoms. The minimum Gasteiger partial charge on any atom is -0.445 e. The molecule has 0 aliphatic carbocycles. The summed E-state index contributed by atoms with van der Waals surface area (Å²) in [6, 6.07) is 10.5. The third-order valence-corrected chi connectivity index (χ3v) is 6.91. The highest BCUT2D eigenvalue weighted by molar-refractivity contribution is 7.89. The van der Waals surface area contributed by atoms with Crippen molar-refractivity contribution in [1.29, 1.82) is 0 Å². The monoisotopic (exact) mass is 513 g/mol. The van der Waals surface area contributed by atoms with E-state index < -0.39 is 22.5 Å². The number of halogens is 3. The number of carbonyl (C=O) groups excluding carboxylic acids is 2. The lowest BCUT2D eigenvalue weighted by Crippen LogP contribution is -2.35. The molecule has 2 fully saturated rings. The van der Waals surface area contributed by atoms with E-state index in [1.54, 1.807) is 9.80 Å². The molecule has 188 valence electrons. The molecule has 4 rings (SSSR count). The van der Waals surface area contributed by atoms with Crippen LogP contribution in [0.3, 0.4) is 0 Å². The van der Waals surface area contributed by atoms with Crippen molar-refractivity contribution in [2.45, 2.75) is 17.9 Å². The van der Waals surface area contributed by atoms with Crippen LogP contribution in [0, 0.1) is 11.8 Å². The van der Waals surface area contributed by atoms with Gasteiger partial charge in [0.1, 0.15) is 12.4 Å². The highest BCUT2D eigenvalue weighted by Crippen LogP contribution is 2.32. The van der Waals surface area contributed by atoms with E-state index in [1.165, 1.54) is 36.4 Å². The average molecular weight is 513 g/mol. The van der Waals surface area contributed by atoms with E-state index in [0.717, 1.165) is 12.1 Å². The zero-order valence-electron chi connectivity index (χ0n) is 18.3. The molecular weight excluding hydrogens is 491 g/mol. The van der Waals surface area contributed by atoms with E-state index >= 15 is 0 Å². The largest absolute Gasteiger partial charge is 0.573 e. The predicted molar refractivity (Wildman–Crippen MR) is 116 cm³/mol. The summed E-state index contributed by atoms with van der Waals surface area (Å²) >= 11 is 0. The van der Waals surface area contributed by atoms with Gasteiger partial charge in [0.2, 0.25) is 10.0 Å². The van der Waals surface area contributed by atoms with Crippen LogP contribution in [-0.4, -0.2) is 62.8 Å². The van der Waals surface area contributed by atoms with Crippen LogP contribution in [-0.2, 0) is 21.4 Å². The van der Waals surface area contributed by atoms with Crippen LogP contribution in [0.25, 0.3) is 0 Å². The number of sulfonamides is 1. The number of likely N-dealkylation sites (tertiary alicyclic amines) is 2. The third-order valence-electron chi connectivity index (χ3n) is 5.98. The first-order chi connectivity index (χ1) is 16.4. The topological polar surface area (TPSA) is 119 Å². The van der Waals surface area contributed by atoms with Gasteiger partial charge in [-0.2, -0.15) is 0 Å². The van der Waals surface area contributed by atoms with Crippen molar-refractivity contribution in [3.8, 4) is 5.75 Å². The second-order valence-electron chi connectivity index (χ2n) is 8.45. The number of carbonyl (C=O) groups is 2. The van der Waals surface area contributed by atoms with Gasteiger partial charge in [0.25, 0.3) is 5.91 Å². The molecule has 2 heterocycles. The molecule has 0 bridgehead atoms. The van der Waals surface area contributed by atoms with Gasteiger partial charge in [0, 0.05) is 43.6 Å². The van der Waals surface area contributed by atoms with E-state index in [2.05, 4.69) is 4.74 Å². The Bertz CT molecular complexity index is 1190. The summed E-state index contributed by atoms with van der Waals surface area (Å²) in [6.07, 6.45) is -5.31. The summed E-state index contributed by atoms with van der Waals surface area (Å²) in [5.41, 5.74) is 0.859. The predicted octanol–water partition coefficient (Wildman–Crippen LogP) is 2.57. The van der Waals surface area contributed by atoms with E-state index in [0.29, 0.717) is 37.3 Å². The molecule has 2 aromatic carbocycles. The molecule has 2 aromatic rings. The van der Waals surface area contributed by atoms with Crippen molar-refractivity contribution in [2.75, 3.05) is 26.2 Å². The zero-order chi connectivity index (χ0) is 25.4. The second-order valence-corrected chi connectivity index (χ2v) is 10.0. The van der Waals surface area contributed by atoms with Gasteiger partial charge < -0.3 is 19.3 Å². The van der Waals surface area contributed by atoms with E-state index in [4.69, 9.17) is 9.88 Å². The number of amides is 2. The maximum Gasteiger partial charge on any atom is 0.573 e. The quantitative estimate of drug-likeness (QED) is 0.657. The first-order valence-corrected chi connectivity index (χ1v) is 12.1. The van der Waals surface area contributed by atoms with Crippen molar-refractivity contribution < 1.29 is 40.7 Å². The van der Waals surface area contributed by atoms with Crippen LogP contribution >= 0.6 is 0 Å². The smallest absolute Gasteiger partial charge is 0.445 e. The molecule has 0 saturated carbocycles. The Morgan fingerprint density at radius 1 is 0.914 bits per heavy atom. The highest BCUT2D eigenvalue weighted by Gasteiger charge is 2.43. The minimum absolute atomic E-state index is 0.0768. The molecule has 2 unspecified atom stereocenters. The molecule has 9 nitrogen and oxygen atoms in total. The van der Waals surface area contributed by atoms with E-state index in [9.17, 15) is 31.2 Å². The van der Waals surface area contributed by atoms with Crippen LogP contribution in [0.5, 0.6) is 5.75 Å². The molecule has 2 atom stereocenters. The summed E-state index contributed by atoms with van der Waals surface area (Å²) in [4.78, 5) is 28.4. The van der Waals surface area contributed by atoms with Crippen LogP contribution in [0.4, 0.5) is 18.0 Å². The van der Waals surface area contributed by atoms with E-state index in [-0.39, 0.29) is 35.0 Å². The van der Waals surface area contributed by atoms with Crippen molar-refractivity contribution >= 4 is 22.0 Å². The van der Waals surface area contributed by atoms with Crippen LogP contribution < -0.4 is 9.88 Å². The van der Waals surface area contributed by atoms with Gasteiger partial charge in [-0.3, -0.25) is 4.79 Å². The van der Waals surface area contributed by atoms with Gasteiger partial charge in [-0.25, -0.2) is 18.4 Å². The first kappa shape index (κ1) is 24.8. The number of primary sulfonamides is 1. The summed E-state index contributed by atoms with van der Waals surface area (Å²) in [7, 11) is -3.84. The van der Waals surface area contributed by atoms with Crippen molar-refractivity contribution in [1.82, 2.24) is 9.80 Å². The number of nitrogens with zero attached hydrogens (tertiary/aromatic N) is 2. The number of fused-ring (bicyclic) bond motifs is 1. The van der Waals surface area contributed by atoms with Crippen molar-refractivity contribution in [3.63, 3.8) is 0 Å². The van der Waals surface area contributed by atoms with Crippen LogP contribution in [0.1, 0.15) is 15.9 Å². The lowest BCUT2D eigenvalue weighted by Gasteiger charge is -2.21. The Balaban J connectivity index is 1.26. The number of hydrogen-bond donors (Lipinski definition) is 1. The number of rotatable bonds is 5. The maximum atomic E-state index is 12.8. The van der Waals surface area contributed by atoms with Crippen LogP contribution in [0.15, 0.2) is 53.4 Å². The fourth-order valence-electron chi connectivity index (χ4n) is 4.30. The number of hydrogen-bond acceptors (Lipinski definition) is 6. The van der Waals surface area contributed by atoms with Crippen molar-refractivity contribution in [2.24, 2.45) is 17.0 Å². The summed E-state index contributed by atoms with van der Waals surface area (Å²) in [5, 5.41) is 5.08. The molecule has 0 spiro atoms. The van der Waals surface area contributed by atoms with Crippen LogP contribution in [0.2, 0.25) is 0 Å². The van der Waals surface area contributed by atoms with E-state index in [1.807, 2.05) is 0 Å². The SMILES string of the molecule is NS(=O)(=O)c1ccc(C(=O)N2CC3CN(C(=O)OCc4ccc(OC(F)(F)F)cc4)CC3C2)cc1. The molecule has 35 heavy (non-hydrogen) atoms. The average Bonchev–Trinajstić information content (AvgIpc) is 3.36. The van der Waals surface area contributed by atoms with Gasteiger partial charge in [-0.05, 0) is 42.0 Å². The second kappa shape index (κ2) is 9.38. The summed E-state index contributed by atoms with van der Waals surface area (Å²) in [6.45, 7) is 1.62. The summed E-state index contributed by atoms with van der Waals surface area (Å²) in [5.74, 6) is -0.435. The number of nitrogens with two attached hydrogens (primary N) is 1. The lowest BCUT2D eigenvalue weighted by molar-refractivity contribution is -0.274. The molecule has 2 saturated heterocycles. The molecule has 2 aliphatic rings. The Morgan fingerprint density at radius 3 is 1.97 bits per heavy atom. The van der Waals surface area contributed by atoms with Gasteiger partial charge in [0.05, 0.1) is 4.90 Å². The molecule has 2 N–H and O–H groups in total. The fraction of sp³-hybridized carbons (Fsp3) is 0.364. The molecule has 2 aliphatic heterocycles. The fourth-order valence-corrected chi connectivity index (χ4v) is 4.82. The molecular formula is C22H22F3N3O6S. The maximum absolute atomic E-state index is 12.8. The van der Waals surface area contributed by atoms with Gasteiger partial charge in [0.15, 0.2) is 0 Å². The molecule has 2 amide bonds. The minimum atomic E-state index is -4.78. The highest BCUT2D eigenvalue weighted by atomic mass is 32.2. The number of ether oxygens (including phenoxy) is 2. The van der Waals surface area contributed by atoms with Crippen molar-refractivity contribution in [3.05, 3.63) is 59.7 Å². The Morgan fingerprint density at radius 2 is 1.46 bits per heavy atom. The zero-order valence-corrected chi connectivity index (χ0v) is 19.1. The lowest BCUT2D eigenvalue weighted by atomic mass is 10.0. The molecule has 0 aromatic heterocycles. The Kier molecular flexibility index (Phi) is 6.64. The Labute approximate surface area is 199 Å². The normalized spacial score (nSPS) is 20.0. The van der Waals surface area contributed by atoms with Gasteiger partial charge >= 0.3 is 12.5 Å². The van der Waals surface area contributed by atoms with Gasteiger partial charge in [-0.15, -0.1) is 13.2 Å². The Hall–Kier alpha value is -3.32. The number of alkyl halides is 3. The first-order valence-electron chi connectivity index (χ1n) is 10.6. The molecule has 0 radical (unpaired) electrons. The summed E-state index contributed by atoms with van der Waals surface area (Å²) < 4.78 is 68.5. The third kappa shape index (κ3) is 6.03. The standard InChI is InChI=1S/C22H22F3N3O6S/c23-22(24,25)34-18-5-1-14(2-6-18)13-33-21(30)28-11-16-9-27(10-17(16)12-28)20(29)15-3-7-19(8-4-15)35(26,31)32/h1-8,16-17H,9-13H2,(H2,26,31,32).